The normalized spacial score (nSPS) is 19.2. The highest BCUT2D eigenvalue weighted by Gasteiger charge is 2.26. The van der Waals surface area contributed by atoms with Crippen molar-refractivity contribution in [2.45, 2.75) is 57.4 Å². The number of phenolic OH excluding ortho intramolecular Hbond substituents is 1. The van der Waals surface area contributed by atoms with Gasteiger partial charge in [0.2, 0.25) is 0 Å². The number of ether oxygens (including phenoxy) is 1. The molecular formula is C33H43N3O2. The lowest BCUT2D eigenvalue weighted by Gasteiger charge is -2.22. The van der Waals surface area contributed by atoms with Gasteiger partial charge in [0.05, 0.1) is 0 Å². The summed E-state index contributed by atoms with van der Waals surface area (Å²) in [5, 5.41) is 13.7. The van der Waals surface area contributed by atoms with E-state index in [0.717, 1.165) is 50.5 Å². The molecule has 3 aromatic rings. The number of benzene rings is 3. The molecule has 202 valence electrons. The van der Waals surface area contributed by atoms with Gasteiger partial charge >= 0.3 is 0 Å². The molecular weight excluding hydrogens is 470 g/mol. The van der Waals surface area contributed by atoms with Gasteiger partial charge in [-0.05, 0) is 87.2 Å². The maximum atomic E-state index is 9.89. The number of para-hydroxylation sites is 1. The molecule has 2 heterocycles. The van der Waals surface area contributed by atoms with E-state index < -0.39 is 0 Å². The maximum absolute atomic E-state index is 9.89. The standard InChI is InChI=1S/C33H43N3O2/c1-26(23-27-13-15-31(16-14-27)38-22-21-35-18-6-2-3-7-19-35)34-33-12-5-4-11-32(33)28-17-20-36(25-28)29-9-8-10-30(37)24-29/h4-5,8-16,24,26,28,34,37H,2-3,6-7,17-23,25H2,1H3. The van der Waals surface area contributed by atoms with Crippen LogP contribution in [0.25, 0.3) is 0 Å². The average Bonchev–Trinajstić information content (AvgIpc) is 3.27. The highest BCUT2D eigenvalue weighted by Crippen LogP contribution is 2.35. The van der Waals surface area contributed by atoms with Crippen LogP contribution in [-0.4, -0.2) is 55.4 Å². The Morgan fingerprint density at radius 2 is 1.71 bits per heavy atom. The smallest absolute Gasteiger partial charge is 0.119 e. The van der Waals surface area contributed by atoms with Gasteiger partial charge in [-0.3, -0.25) is 4.90 Å². The molecule has 2 fully saturated rings. The summed E-state index contributed by atoms with van der Waals surface area (Å²) in [7, 11) is 0. The monoisotopic (exact) mass is 513 g/mol. The quantitative estimate of drug-likeness (QED) is 0.317. The first-order valence-electron chi connectivity index (χ1n) is 14.5. The lowest BCUT2D eigenvalue weighted by atomic mass is 9.96. The molecule has 0 saturated carbocycles. The highest BCUT2D eigenvalue weighted by molar-refractivity contribution is 5.57. The fourth-order valence-electron chi connectivity index (χ4n) is 5.97. The molecule has 0 radical (unpaired) electrons. The predicted octanol–water partition coefficient (Wildman–Crippen LogP) is 6.68. The third kappa shape index (κ3) is 7.22. The van der Waals surface area contributed by atoms with Gasteiger partial charge in [-0.2, -0.15) is 0 Å². The highest BCUT2D eigenvalue weighted by atomic mass is 16.5. The Morgan fingerprint density at radius 1 is 0.921 bits per heavy atom. The van der Waals surface area contributed by atoms with Crippen LogP contribution in [0.5, 0.6) is 11.5 Å². The summed E-state index contributed by atoms with van der Waals surface area (Å²) in [5.41, 5.74) is 5.03. The SMILES string of the molecule is CC(Cc1ccc(OCCN2CCCCCC2)cc1)Nc1ccccc1C1CCN(c2cccc(O)c2)C1. The first-order valence-corrected chi connectivity index (χ1v) is 14.5. The molecule has 2 atom stereocenters. The van der Waals surface area contributed by atoms with Gasteiger partial charge in [0.15, 0.2) is 0 Å². The van der Waals surface area contributed by atoms with E-state index in [1.807, 2.05) is 12.1 Å². The number of rotatable bonds is 10. The van der Waals surface area contributed by atoms with Crippen molar-refractivity contribution in [3.8, 4) is 11.5 Å². The minimum Gasteiger partial charge on any atom is -0.508 e. The summed E-state index contributed by atoms with van der Waals surface area (Å²) in [6, 6.07) is 25.3. The van der Waals surface area contributed by atoms with E-state index in [-0.39, 0.29) is 0 Å². The van der Waals surface area contributed by atoms with Gasteiger partial charge in [-0.1, -0.05) is 49.2 Å². The van der Waals surface area contributed by atoms with Crippen molar-refractivity contribution >= 4 is 11.4 Å². The van der Waals surface area contributed by atoms with Crippen molar-refractivity contribution in [2.75, 3.05) is 49.5 Å². The van der Waals surface area contributed by atoms with Gasteiger partial charge in [0, 0.05) is 49.0 Å². The minimum atomic E-state index is 0.314. The van der Waals surface area contributed by atoms with E-state index in [9.17, 15) is 5.11 Å². The van der Waals surface area contributed by atoms with Crippen molar-refractivity contribution in [2.24, 2.45) is 0 Å². The molecule has 0 aliphatic carbocycles. The largest absolute Gasteiger partial charge is 0.508 e. The zero-order chi connectivity index (χ0) is 26.2. The molecule has 5 nitrogen and oxygen atoms in total. The Kier molecular flexibility index (Phi) is 9.08. The van der Waals surface area contributed by atoms with E-state index in [1.54, 1.807) is 6.07 Å². The van der Waals surface area contributed by atoms with E-state index in [0.29, 0.717) is 17.7 Å². The number of phenols is 1. The van der Waals surface area contributed by atoms with E-state index in [1.165, 1.54) is 55.6 Å². The summed E-state index contributed by atoms with van der Waals surface area (Å²) < 4.78 is 6.05. The van der Waals surface area contributed by atoms with Gasteiger partial charge in [0.1, 0.15) is 18.1 Å². The molecule has 0 bridgehead atoms. The molecule has 5 rings (SSSR count). The number of nitrogens with zero attached hydrogens (tertiary/aromatic N) is 2. The molecule has 2 saturated heterocycles. The van der Waals surface area contributed by atoms with E-state index in [2.05, 4.69) is 76.6 Å². The number of anilines is 2. The summed E-state index contributed by atoms with van der Waals surface area (Å²) in [6.07, 6.45) is 7.46. The zero-order valence-electron chi connectivity index (χ0n) is 22.8. The Bertz CT molecular complexity index is 1140. The fraction of sp³-hybridized carbons (Fsp3) is 0.455. The zero-order valence-corrected chi connectivity index (χ0v) is 22.8. The topological polar surface area (TPSA) is 48.0 Å². The molecule has 0 spiro atoms. The van der Waals surface area contributed by atoms with Crippen LogP contribution in [0.4, 0.5) is 11.4 Å². The molecule has 0 amide bonds. The van der Waals surface area contributed by atoms with Gasteiger partial charge in [-0.15, -0.1) is 0 Å². The third-order valence-corrected chi connectivity index (χ3v) is 8.03. The van der Waals surface area contributed by atoms with Crippen LogP contribution >= 0.6 is 0 Å². The lowest BCUT2D eigenvalue weighted by molar-refractivity contribution is 0.214. The molecule has 2 unspecified atom stereocenters. The molecule has 2 aliphatic rings. The van der Waals surface area contributed by atoms with Crippen LogP contribution in [0.2, 0.25) is 0 Å². The minimum absolute atomic E-state index is 0.314. The molecule has 38 heavy (non-hydrogen) atoms. The number of aromatic hydroxyl groups is 1. The van der Waals surface area contributed by atoms with Crippen LogP contribution in [0.1, 0.15) is 56.1 Å². The van der Waals surface area contributed by atoms with Crippen LogP contribution in [-0.2, 0) is 6.42 Å². The van der Waals surface area contributed by atoms with E-state index >= 15 is 0 Å². The van der Waals surface area contributed by atoms with Crippen molar-refractivity contribution in [1.29, 1.82) is 0 Å². The first-order chi connectivity index (χ1) is 18.6. The van der Waals surface area contributed by atoms with Crippen molar-refractivity contribution in [3.63, 3.8) is 0 Å². The van der Waals surface area contributed by atoms with E-state index in [4.69, 9.17) is 4.74 Å². The molecule has 3 aromatic carbocycles. The first kappa shape index (κ1) is 26.4. The molecule has 0 aromatic heterocycles. The summed E-state index contributed by atoms with van der Waals surface area (Å²) >= 11 is 0. The maximum Gasteiger partial charge on any atom is 0.119 e. The number of hydrogen-bond acceptors (Lipinski definition) is 5. The summed E-state index contributed by atoms with van der Waals surface area (Å²) in [4.78, 5) is 4.92. The van der Waals surface area contributed by atoms with Crippen LogP contribution in [0, 0.1) is 0 Å². The molecule has 2 aliphatic heterocycles. The predicted molar refractivity (Wildman–Crippen MR) is 158 cm³/mol. The molecule has 2 N–H and O–H groups in total. The second kappa shape index (κ2) is 13.1. The Balaban J connectivity index is 1.12. The van der Waals surface area contributed by atoms with Crippen molar-refractivity contribution < 1.29 is 9.84 Å². The van der Waals surface area contributed by atoms with Crippen LogP contribution in [0.15, 0.2) is 72.8 Å². The third-order valence-electron chi connectivity index (χ3n) is 8.03. The lowest BCUT2D eigenvalue weighted by Crippen LogP contribution is -2.29. The van der Waals surface area contributed by atoms with Gasteiger partial charge < -0.3 is 20.1 Å². The second-order valence-corrected chi connectivity index (χ2v) is 11.0. The fourth-order valence-corrected chi connectivity index (χ4v) is 5.97. The average molecular weight is 514 g/mol. The van der Waals surface area contributed by atoms with Gasteiger partial charge in [-0.25, -0.2) is 0 Å². The second-order valence-electron chi connectivity index (χ2n) is 11.0. The van der Waals surface area contributed by atoms with Crippen molar-refractivity contribution in [1.82, 2.24) is 4.90 Å². The summed E-state index contributed by atoms with van der Waals surface area (Å²) in [5.74, 6) is 1.76. The summed E-state index contributed by atoms with van der Waals surface area (Å²) in [6.45, 7) is 8.45. The Morgan fingerprint density at radius 3 is 2.50 bits per heavy atom. The van der Waals surface area contributed by atoms with Crippen molar-refractivity contribution in [3.05, 3.63) is 83.9 Å². The Labute approximate surface area is 228 Å². The number of nitrogens with one attached hydrogen (secondary N) is 1. The van der Waals surface area contributed by atoms with Crippen LogP contribution in [0.3, 0.4) is 0 Å². The Hall–Kier alpha value is -3.18. The van der Waals surface area contributed by atoms with Gasteiger partial charge in [0.25, 0.3) is 0 Å². The number of hydrogen-bond donors (Lipinski definition) is 2. The number of likely N-dealkylation sites (tertiary alicyclic amines) is 1. The molecule has 5 heteroatoms. The van der Waals surface area contributed by atoms with Crippen LogP contribution < -0.4 is 15.0 Å².